The highest BCUT2D eigenvalue weighted by molar-refractivity contribution is 7.48. The molecular formula is C32H34FOP. The summed E-state index contributed by atoms with van der Waals surface area (Å²) in [5, 5.41) is 0.629. The fraction of sp³-hybridized carbons (Fsp3) is 0.250. The van der Waals surface area contributed by atoms with Gasteiger partial charge in [0.25, 0.3) is 0 Å². The summed E-state index contributed by atoms with van der Waals surface area (Å²) in [7, 11) is 0.318. The van der Waals surface area contributed by atoms with Gasteiger partial charge in [-0.1, -0.05) is 113 Å². The molecule has 3 heteroatoms. The molecule has 35 heavy (non-hydrogen) atoms. The SMILES string of the molecule is CCC(CC)(Pc1c(C)cccc1F)c1cccc(Cc2ccccc2)c1OCc1ccccc1. The number of aryl methyl sites for hydroxylation is 1. The van der Waals surface area contributed by atoms with E-state index < -0.39 is 0 Å². The molecule has 0 aliphatic carbocycles. The lowest BCUT2D eigenvalue weighted by molar-refractivity contribution is 0.295. The molecule has 0 bridgehead atoms. The first-order valence-electron chi connectivity index (χ1n) is 12.4. The van der Waals surface area contributed by atoms with Gasteiger partial charge in [0, 0.05) is 22.4 Å². The fourth-order valence-corrected chi connectivity index (χ4v) is 6.37. The summed E-state index contributed by atoms with van der Waals surface area (Å²) in [5.74, 6) is 0.840. The molecule has 0 spiro atoms. The zero-order valence-corrected chi connectivity index (χ0v) is 21.9. The first-order chi connectivity index (χ1) is 17.1. The van der Waals surface area contributed by atoms with Crippen molar-refractivity contribution < 1.29 is 9.13 Å². The van der Waals surface area contributed by atoms with Crippen LogP contribution in [0.4, 0.5) is 4.39 Å². The maximum absolute atomic E-state index is 15.0. The van der Waals surface area contributed by atoms with Gasteiger partial charge < -0.3 is 4.74 Å². The van der Waals surface area contributed by atoms with Crippen LogP contribution in [0, 0.1) is 12.7 Å². The monoisotopic (exact) mass is 484 g/mol. The van der Waals surface area contributed by atoms with Crippen LogP contribution in [0.1, 0.15) is 54.5 Å². The summed E-state index contributed by atoms with van der Waals surface area (Å²) in [4.78, 5) is 0. The fourth-order valence-electron chi connectivity index (χ4n) is 4.72. The molecule has 0 fully saturated rings. The second kappa shape index (κ2) is 11.6. The van der Waals surface area contributed by atoms with E-state index in [-0.39, 0.29) is 11.0 Å². The van der Waals surface area contributed by atoms with Crippen LogP contribution in [0.15, 0.2) is 97.1 Å². The molecule has 4 aromatic rings. The molecule has 0 saturated carbocycles. The smallest absolute Gasteiger partial charge is 0.130 e. The lowest BCUT2D eigenvalue weighted by atomic mass is 9.89. The molecule has 0 saturated heterocycles. The molecule has 1 unspecified atom stereocenters. The van der Waals surface area contributed by atoms with Crippen molar-refractivity contribution in [2.45, 2.75) is 51.8 Å². The highest BCUT2D eigenvalue weighted by atomic mass is 31.1. The van der Waals surface area contributed by atoms with Gasteiger partial charge in [-0.15, -0.1) is 0 Å². The summed E-state index contributed by atoms with van der Waals surface area (Å²) in [5.41, 5.74) is 5.76. The molecule has 4 aromatic carbocycles. The summed E-state index contributed by atoms with van der Waals surface area (Å²) in [6.45, 7) is 6.96. The maximum Gasteiger partial charge on any atom is 0.130 e. The Morgan fingerprint density at radius 1 is 0.743 bits per heavy atom. The third-order valence-electron chi connectivity index (χ3n) is 6.87. The van der Waals surface area contributed by atoms with E-state index in [1.165, 1.54) is 16.7 Å². The Bertz CT molecular complexity index is 1210. The average molecular weight is 485 g/mol. The van der Waals surface area contributed by atoms with Crippen molar-refractivity contribution in [3.8, 4) is 5.75 Å². The van der Waals surface area contributed by atoms with E-state index >= 15 is 0 Å². The van der Waals surface area contributed by atoms with Gasteiger partial charge in [-0.25, -0.2) is 4.39 Å². The standard InChI is InChI=1S/C32H34FOP/c1-4-32(5-2,35-31-24(3)14-12-21-29(31)33)28-20-13-19-27(22-25-15-8-6-9-16-25)30(28)34-23-26-17-10-7-11-18-26/h6-21,35H,4-5,22-23H2,1-3H3. The van der Waals surface area contributed by atoms with Crippen molar-refractivity contribution in [3.63, 3.8) is 0 Å². The molecule has 0 N–H and O–H groups in total. The van der Waals surface area contributed by atoms with E-state index in [0.717, 1.165) is 41.4 Å². The predicted molar refractivity (Wildman–Crippen MR) is 148 cm³/mol. The second-order valence-corrected chi connectivity index (χ2v) is 10.8. The third kappa shape index (κ3) is 5.82. The summed E-state index contributed by atoms with van der Waals surface area (Å²) < 4.78 is 21.6. The van der Waals surface area contributed by atoms with Crippen LogP contribution in [-0.2, 0) is 18.2 Å². The predicted octanol–water partition coefficient (Wildman–Crippen LogP) is 8.32. The molecule has 1 atom stereocenters. The highest BCUT2D eigenvalue weighted by Crippen LogP contribution is 2.51. The maximum atomic E-state index is 15.0. The Morgan fingerprint density at radius 2 is 1.37 bits per heavy atom. The van der Waals surface area contributed by atoms with Crippen molar-refractivity contribution >= 4 is 13.9 Å². The van der Waals surface area contributed by atoms with Crippen molar-refractivity contribution in [2.75, 3.05) is 0 Å². The Labute approximate surface area is 211 Å². The number of benzene rings is 4. The van der Waals surface area contributed by atoms with Crippen LogP contribution in [-0.4, -0.2) is 0 Å². The van der Waals surface area contributed by atoms with Crippen molar-refractivity contribution in [1.29, 1.82) is 0 Å². The van der Waals surface area contributed by atoms with Crippen LogP contribution in [0.5, 0.6) is 5.75 Å². The van der Waals surface area contributed by atoms with Crippen LogP contribution >= 0.6 is 8.58 Å². The Balaban J connectivity index is 1.80. The minimum atomic E-state index is -0.203. The van der Waals surface area contributed by atoms with Crippen molar-refractivity contribution in [3.05, 3.63) is 131 Å². The largest absolute Gasteiger partial charge is 0.488 e. The third-order valence-corrected chi connectivity index (χ3v) is 9.21. The highest BCUT2D eigenvalue weighted by Gasteiger charge is 2.34. The molecule has 0 aromatic heterocycles. The van der Waals surface area contributed by atoms with Gasteiger partial charge in [-0.05, 0) is 48.1 Å². The summed E-state index contributed by atoms with van der Waals surface area (Å²) in [6.07, 6.45) is 2.61. The number of hydrogen-bond donors (Lipinski definition) is 0. The molecular weight excluding hydrogens is 450 g/mol. The molecule has 180 valence electrons. The second-order valence-electron chi connectivity index (χ2n) is 9.08. The number of rotatable bonds is 10. The van der Waals surface area contributed by atoms with Gasteiger partial charge in [0.15, 0.2) is 0 Å². The molecule has 0 aliphatic heterocycles. The van der Waals surface area contributed by atoms with Crippen LogP contribution in [0.25, 0.3) is 0 Å². The van der Waals surface area contributed by atoms with E-state index in [4.69, 9.17) is 4.74 Å². The van der Waals surface area contributed by atoms with Gasteiger partial charge >= 0.3 is 0 Å². The number of para-hydroxylation sites is 1. The Hall–Kier alpha value is -2.96. The minimum absolute atomic E-state index is 0.109. The first-order valence-corrected chi connectivity index (χ1v) is 13.4. The Kier molecular flexibility index (Phi) is 8.37. The molecule has 1 nitrogen and oxygen atoms in total. The summed E-state index contributed by atoms with van der Waals surface area (Å²) >= 11 is 0. The van der Waals surface area contributed by atoms with E-state index in [9.17, 15) is 4.39 Å². The van der Waals surface area contributed by atoms with Gasteiger partial charge in [-0.2, -0.15) is 0 Å². The molecule has 0 radical (unpaired) electrons. The zero-order valence-electron chi connectivity index (χ0n) is 20.9. The van der Waals surface area contributed by atoms with Crippen molar-refractivity contribution in [1.82, 2.24) is 0 Å². The molecule has 0 amide bonds. The van der Waals surface area contributed by atoms with Gasteiger partial charge in [0.1, 0.15) is 18.2 Å². The zero-order chi connectivity index (χ0) is 24.7. The van der Waals surface area contributed by atoms with Gasteiger partial charge in [0.05, 0.1) is 0 Å². The lowest BCUT2D eigenvalue weighted by Gasteiger charge is -2.35. The molecule has 0 heterocycles. The van der Waals surface area contributed by atoms with Crippen LogP contribution < -0.4 is 10.0 Å². The minimum Gasteiger partial charge on any atom is -0.488 e. The lowest BCUT2D eigenvalue weighted by Crippen LogP contribution is -2.25. The van der Waals surface area contributed by atoms with E-state index in [0.29, 0.717) is 15.2 Å². The average Bonchev–Trinajstić information content (AvgIpc) is 2.89. The summed E-state index contributed by atoms with van der Waals surface area (Å²) in [6, 6.07) is 32.7. The molecule has 0 aliphatic rings. The van der Waals surface area contributed by atoms with E-state index in [1.807, 2.05) is 37.3 Å². The number of halogens is 1. The van der Waals surface area contributed by atoms with Crippen molar-refractivity contribution in [2.24, 2.45) is 0 Å². The topological polar surface area (TPSA) is 9.23 Å². The molecule has 4 rings (SSSR count). The van der Waals surface area contributed by atoms with Crippen LogP contribution in [0.3, 0.4) is 0 Å². The van der Waals surface area contributed by atoms with E-state index in [1.54, 1.807) is 12.1 Å². The quantitative estimate of drug-likeness (QED) is 0.206. The van der Waals surface area contributed by atoms with Gasteiger partial charge in [-0.3, -0.25) is 0 Å². The normalized spacial score (nSPS) is 11.8. The van der Waals surface area contributed by atoms with Crippen LogP contribution in [0.2, 0.25) is 0 Å². The van der Waals surface area contributed by atoms with Gasteiger partial charge in [0.2, 0.25) is 0 Å². The first kappa shape index (κ1) is 25.1. The number of ether oxygens (including phenoxy) is 1. The Morgan fingerprint density at radius 3 is 2.00 bits per heavy atom. The van der Waals surface area contributed by atoms with E-state index in [2.05, 4.69) is 68.4 Å². The number of hydrogen-bond acceptors (Lipinski definition) is 1.